The molecule has 1 N–H and O–H groups in total. The first-order valence-electron chi connectivity index (χ1n) is 11.6. The SMILES string of the molecule is COc1ccccc1C(=O)COC(=O)c1ccc(N2C(=O)CC(NCCc3ccccc3)C2=O)cc1. The van der Waals surface area contributed by atoms with Gasteiger partial charge >= 0.3 is 5.97 Å². The van der Waals surface area contributed by atoms with E-state index in [1.807, 2.05) is 30.3 Å². The van der Waals surface area contributed by atoms with Crippen molar-refractivity contribution in [2.75, 3.05) is 25.2 Å². The number of amides is 2. The minimum atomic E-state index is -0.690. The van der Waals surface area contributed by atoms with Crippen molar-refractivity contribution in [3.05, 3.63) is 95.6 Å². The van der Waals surface area contributed by atoms with E-state index in [1.54, 1.807) is 24.3 Å². The number of ether oxygens (including phenoxy) is 2. The highest BCUT2D eigenvalue weighted by Crippen LogP contribution is 2.24. The monoisotopic (exact) mass is 486 g/mol. The Kier molecular flexibility index (Phi) is 7.87. The average molecular weight is 487 g/mol. The molecule has 0 aliphatic carbocycles. The zero-order valence-electron chi connectivity index (χ0n) is 19.8. The van der Waals surface area contributed by atoms with Crippen LogP contribution in [0.15, 0.2) is 78.9 Å². The topological polar surface area (TPSA) is 102 Å². The number of ketones is 1. The van der Waals surface area contributed by atoms with Gasteiger partial charge in [0.25, 0.3) is 5.91 Å². The van der Waals surface area contributed by atoms with Crippen LogP contribution in [0.1, 0.15) is 32.7 Å². The Morgan fingerprint density at radius 3 is 2.36 bits per heavy atom. The lowest BCUT2D eigenvalue weighted by molar-refractivity contribution is -0.121. The lowest BCUT2D eigenvalue weighted by Gasteiger charge is -2.16. The number of methoxy groups -OCH3 is 1. The second-order valence-corrected chi connectivity index (χ2v) is 8.26. The number of para-hydroxylation sites is 1. The molecule has 1 atom stereocenters. The van der Waals surface area contributed by atoms with Crippen molar-refractivity contribution in [1.29, 1.82) is 0 Å². The maximum absolute atomic E-state index is 12.8. The van der Waals surface area contributed by atoms with Crippen molar-refractivity contribution >= 4 is 29.3 Å². The van der Waals surface area contributed by atoms with Gasteiger partial charge in [0.05, 0.1) is 36.4 Å². The standard InChI is InChI=1S/C28H26N2O6/c1-35-25-10-6-5-9-22(25)24(31)18-36-28(34)20-11-13-21(14-12-20)30-26(32)17-23(27(30)33)29-16-15-19-7-3-2-4-8-19/h2-14,23,29H,15-18H2,1H3. The number of anilines is 1. The van der Waals surface area contributed by atoms with E-state index in [2.05, 4.69) is 5.32 Å². The van der Waals surface area contributed by atoms with Crippen molar-refractivity contribution in [2.45, 2.75) is 18.9 Å². The van der Waals surface area contributed by atoms with Gasteiger partial charge < -0.3 is 14.8 Å². The van der Waals surface area contributed by atoms with Crippen LogP contribution in [0, 0.1) is 0 Å². The van der Waals surface area contributed by atoms with Gasteiger partial charge in [-0.2, -0.15) is 0 Å². The number of benzene rings is 3. The maximum atomic E-state index is 12.8. The first-order valence-corrected chi connectivity index (χ1v) is 11.6. The number of carbonyl (C=O) groups excluding carboxylic acids is 4. The summed E-state index contributed by atoms with van der Waals surface area (Å²) in [6.45, 7) is 0.125. The lowest BCUT2D eigenvalue weighted by atomic mass is 10.1. The van der Waals surface area contributed by atoms with Crippen LogP contribution >= 0.6 is 0 Å². The maximum Gasteiger partial charge on any atom is 0.338 e. The predicted octanol–water partition coefficient (Wildman–Crippen LogP) is 3.20. The second-order valence-electron chi connectivity index (χ2n) is 8.26. The summed E-state index contributed by atoms with van der Waals surface area (Å²) < 4.78 is 10.3. The number of carbonyl (C=O) groups is 4. The molecule has 0 radical (unpaired) electrons. The molecule has 8 nitrogen and oxygen atoms in total. The van der Waals surface area contributed by atoms with Crippen molar-refractivity contribution < 1.29 is 28.7 Å². The molecule has 0 bridgehead atoms. The Balaban J connectivity index is 1.32. The van der Waals surface area contributed by atoms with E-state index < -0.39 is 24.4 Å². The molecular formula is C28H26N2O6. The highest BCUT2D eigenvalue weighted by molar-refractivity contribution is 6.22. The Hall–Kier alpha value is -4.30. The third-order valence-electron chi connectivity index (χ3n) is 5.90. The van der Waals surface area contributed by atoms with Crippen LogP contribution < -0.4 is 15.0 Å². The minimum Gasteiger partial charge on any atom is -0.496 e. The van der Waals surface area contributed by atoms with Crippen LogP contribution in [0.3, 0.4) is 0 Å². The molecule has 3 aromatic carbocycles. The van der Waals surface area contributed by atoms with Gasteiger partial charge in [-0.1, -0.05) is 42.5 Å². The van der Waals surface area contributed by atoms with Crippen molar-refractivity contribution in [2.24, 2.45) is 0 Å². The molecule has 3 aromatic rings. The fourth-order valence-electron chi connectivity index (χ4n) is 4.01. The normalized spacial score (nSPS) is 15.1. The molecule has 0 saturated carbocycles. The molecule has 1 fully saturated rings. The zero-order chi connectivity index (χ0) is 25.5. The van der Waals surface area contributed by atoms with Crippen LogP contribution in [0.2, 0.25) is 0 Å². The molecule has 1 aliphatic rings. The van der Waals surface area contributed by atoms with Gasteiger partial charge in [-0.05, 0) is 54.9 Å². The van der Waals surface area contributed by atoms with Gasteiger partial charge in [0.15, 0.2) is 6.61 Å². The van der Waals surface area contributed by atoms with Gasteiger partial charge in [-0.15, -0.1) is 0 Å². The fourth-order valence-corrected chi connectivity index (χ4v) is 4.01. The molecule has 36 heavy (non-hydrogen) atoms. The van der Waals surface area contributed by atoms with Gasteiger partial charge in [-0.25, -0.2) is 9.69 Å². The summed E-state index contributed by atoms with van der Waals surface area (Å²) in [7, 11) is 1.46. The third kappa shape index (κ3) is 5.67. The summed E-state index contributed by atoms with van der Waals surface area (Å²) >= 11 is 0. The number of rotatable bonds is 10. The number of hydrogen-bond donors (Lipinski definition) is 1. The smallest absolute Gasteiger partial charge is 0.338 e. The fraction of sp³-hybridized carbons (Fsp3) is 0.214. The molecule has 0 spiro atoms. The Labute approximate surface area is 208 Å². The Morgan fingerprint density at radius 2 is 1.64 bits per heavy atom. The molecule has 184 valence electrons. The number of nitrogens with zero attached hydrogens (tertiary/aromatic N) is 1. The molecule has 1 saturated heterocycles. The van der Waals surface area contributed by atoms with E-state index in [4.69, 9.17) is 9.47 Å². The first kappa shape index (κ1) is 24.8. The molecule has 0 aromatic heterocycles. The molecule has 1 unspecified atom stereocenters. The molecule has 1 heterocycles. The van der Waals surface area contributed by atoms with E-state index in [0.717, 1.165) is 16.9 Å². The van der Waals surface area contributed by atoms with E-state index in [-0.39, 0.29) is 23.8 Å². The quantitative estimate of drug-likeness (QED) is 0.267. The summed E-state index contributed by atoms with van der Waals surface area (Å²) in [5.41, 5.74) is 2.04. The van der Waals surface area contributed by atoms with Crippen molar-refractivity contribution in [3.8, 4) is 5.75 Å². The van der Waals surface area contributed by atoms with E-state index in [9.17, 15) is 19.2 Å². The molecular weight excluding hydrogens is 460 g/mol. The van der Waals surface area contributed by atoms with Gasteiger partial charge in [0.2, 0.25) is 11.7 Å². The minimum absolute atomic E-state index is 0.0719. The molecule has 4 rings (SSSR count). The number of esters is 1. The zero-order valence-corrected chi connectivity index (χ0v) is 19.8. The summed E-state index contributed by atoms with van der Waals surface area (Å²) in [6.07, 6.45) is 0.817. The van der Waals surface area contributed by atoms with Crippen LogP contribution in [0.4, 0.5) is 5.69 Å². The number of Topliss-reactive ketones (excluding diaryl/α,β-unsaturated/α-hetero) is 1. The van der Waals surface area contributed by atoms with Crippen molar-refractivity contribution in [3.63, 3.8) is 0 Å². The van der Waals surface area contributed by atoms with Gasteiger partial charge in [0.1, 0.15) is 5.75 Å². The highest BCUT2D eigenvalue weighted by Gasteiger charge is 2.39. The van der Waals surface area contributed by atoms with E-state index in [1.165, 1.54) is 31.4 Å². The van der Waals surface area contributed by atoms with Crippen molar-refractivity contribution in [1.82, 2.24) is 5.32 Å². The summed E-state index contributed by atoms with van der Waals surface area (Å²) in [5.74, 6) is -1.32. The number of nitrogens with one attached hydrogen (secondary N) is 1. The first-order chi connectivity index (χ1) is 17.5. The van der Waals surface area contributed by atoms with E-state index >= 15 is 0 Å². The summed E-state index contributed by atoms with van der Waals surface area (Å²) in [6, 6.07) is 21.9. The average Bonchev–Trinajstić information content (AvgIpc) is 3.20. The molecule has 2 amide bonds. The van der Waals surface area contributed by atoms with Gasteiger partial charge in [0, 0.05) is 0 Å². The molecule has 8 heteroatoms. The largest absolute Gasteiger partial charge is 0.496 e. The predicted molar refractivity (Wildman–Crippen MR) is 133 cm³/mol. The highest BCUT2D eigenvalue weighted by atomic mass is 16.5. The molecule has 1 aliphatic heterocycles. The number of hydrogen-bond acceptors (Lipinski definition) is 7. The van der Waals surface area contributed by atoms with Gasteiger partial charge in [-0.3, -0.25) is 14.4 Å². The second kappa shape index (κ2) is 11.4. The van der Waals surface area contributed by atoms with Crippen LogP contribution in [0.5, 0.6) is 5.75 Å². The third-order valence-corrected chi connectivity index (χ3v) is 5.90. The summed E-state index contributed by atoms with van der Waals surface area (Å²) in [4.78, 5) is 51.3. The van der Waals surface area contributed by atoms with E-state index in [0.29, 0.717) is 23.5 Å². The summed E-state index contributed by atoms with van der Waals surface area (Å²) in [5, 5.41) is 3.16. The number of imide groups is 1. The lowest BCUT2D eigenvalue weighted by Crippen LogP contribution is -2.39. The Bertz CT molecular complexity index is 1260. The van der Waals surface area contributed by atoms with Crippen LogP contribution in [0.25, 0.3) is 0 Å². The van der Waals surface area contributed by atoms with Crippen LogP contribution in [-0.2, 0) is 20.7 Å². The Morgan fingerprint density at radius 1 is 0.944 bits per heavy atom. The van der Waals surface area contributed by atoms with Crippen LogP contribution in [-0.4, -0.2) is 49.9 Å².